The molecule has 3 aromatic rings. The molecular weight excluding hydrogens is 348 g/mol. The van der Waals surface area contributed by atoms with Gasteiger partial charge in [0.15, 0.2) is 6.61 Å². The molecule has 6 nitrogen and oxygen atoms in total. The molecule has 140 valence electrons. The van der Waals surface area contributed by atoms with Gasteiger partial charge in [0.2, 0.25) is 0 Å². The third kappa shape index (κ3) is 4.11. The van der Waals surface area contributed by atoms with Crippen molar-refractivity contribution < 1.29 is 23.8 Å². The number of carbonyl (C=O) groups excluding carboxylic acids is 1. The van der Waals surface area contributed by atoms with Crippen LogP contribution < -0.4 is 10.4 Å². The summed E-state index contributed by atoms with van der Waals surface area (Å²) in [6.45, 7) is 5.16. The molecular formula is C21H20O6. The largest absolute Gasteiger partial charge is 0.508 e. The first-order chi connectivity index (χ1) is 12.8. The van der Waals surface area contributed by atoms with Crippen LogP contribution in [0.2, 0.25) is 0 Å². The lowest BCUT2D eigenvalue weighted by Gasteiger charge is -2.11. The summed E-state index contributed by atoms with van der Waals surface area (Å²) in [6, 6.07) is 10.1. The zero-order valence-corrected chi connectivity index (χ0v) is 15.4. The van der Waals surface area contributed by atoms with E-state index in [0.717, 1.165) is 11.1 Å². The summed E-state index contributed by atoms with van der Waals surface area (Å²) in [5.41, 5.74) is 2.62. The molecule has 1 aromatic heterocycles. The zero-order valence-electron chi connectivity index (χ0n) is 15.4. The molecule has 0 aliphatic carbocycles. The van der Waals surface area contributed by atoms with E-state index in [-0.39, 0.29) is 24.5 Å². The maximum absolute atomic E-state index is 12.0. The highest BCUT2D eigenvalue weighted by molar-refractivity contribution is 5.85. The first kappa shape index (κ1) is 18.5. The van der Waals surface area contributed by atoms with Crippen molar-refractivity contribution in [2.45, 2.75) is 27.4 Å². The fourth-order valence-electron chi connectivity index (χ4n) is 2.73. The van der Waals surface area contributed by atoms with Gasteiger partial charge in [0.05, 0.1) is 0 Å². The van der Waals surface area contributed by atoms with Crippen molar-refractivity contribution in [1.82, 2.24) is 0 Å². The minimum atomic E-state index is -0.575. The van der Waals surface area contributed by atoms with E-state index in [4.69, 9.17) is 13.9 Å². The quantitative estimate of drug-likeness (QED) is 0.548. The Morgan fingerprint density at radius 1 is 1.11 bits per heavy atom. The van der Waals surface area contributed by atoms with Gasteiger partial charge < -0.3 is 19.0 Å². The highest BCUT2D eigenvalue weighted by atomic mass is 16.6. The number of phenolic OH excluding ortho intramolecular Hbond substituents is 1. The van der Waals surface area contributed by atoms with Crippen LogP contribution in [0, 0.1) is 20.8 Å². The molecule has 0 radical (unpaired) electrons. The van der Waals surface area contributed by atoms with Crippen LogP contribution in [0.15, 0.2) is 45.6 Å². The van der Waals surface area contributed by atoms with Gasteiger partial charge in [-0.1, -0.05) is 12.1 Å². The smallest absolute Gasteiger partial charge is 0.344 e. The summed E-state index contributed by atoms with van der Waals surface area (Å²) >= 11 is 0. The second kappa shape index (κ2) is 7.53. The van der Waals surface area contributed by atoms with E-state index in [9.17, 15) is 14.7 Å². The van der Waals surface area contributed by atoms with Crippen LogP contribution in [0.25, 0.3) is 11.0 Å². The molecule has 3 rings (SSSR count). The number of aryl methyl sites for hydroxylation is 3. The lowest BCUT2D eigenvalue weighted by Crippen LogP contribution is -2.16. The Bertz CT molecular complexity index is 1060. The Balaban J connectivity index is 1.71. The third-order valence-corrected chi connectivity index (χ3v) is 4.30. The van der Waals surface area contributed by atoms with Gasteiger partial charge in [0.1, 0.15) is 23.7 Å². The number of rotatable bonds is 5. The Hall–Kier alpha value is -3.28. The van der Waals surface area contributed by atoms with Crippen molar-refractivity contribution in [2.75, 3.05) is 6.61 Å². The maximum atomic E-state index is 12.0. The van der Waals surface area contributed by atoms with Crippen molar-refractivity contribution in [2.24, 2.45) is 0 Å². The fraction of sp³-hybridized carbons (Fsp3) is 0.238. The van der Waals surface area contributed by atoms with Crippen LogP contribution in [0.4, 0.5) is 0 Å². The van der Waals surface area contributed by atoms with E-state index >= 15 is 0 Å². The van der Waals surface area contributed by atoms with Crippen molar-refractivity contribution in [3.63, 3.8) is 0 Å². The van der Waals surface area contributed by atoms with Crippen molar-refractivity contribution in [3.8, 4) is 11.5 Å². The molecule has 0 fully saturated rings. The molecule has 1 heterocycles. The van der Waals surface area contributed by atoms with Crippen molar-refractivity contribution in [1.29, 1.82) is 0 Å². The highest BCUT2D eigenvalue weighted by Gasteiger charge is 2.13. The average Bonchev–Trinajstić information content (AvgIpc) is 2.63. The molecule has 0 amide bonds. The van der Waals surface area contributed by atoms with Crippen LogP contribution in [0.5, 0.6) is 11.5 Å². The van der Waals surface area contributed by atoms with E-state index in [2.05, 4.69) is 0 Å². The summed E-state index contributed by atoms with van der Waals surface area (Å²) in [5, 5.41) is 10.4. The van der Waals surface area contributed by atoms with Crippen LogP contribution >= 0.6 is 0 Å². The molecule has 6 heteroatoms. The third-order valence-electron chi connectivity index (χ3n) is 4.30. The van der Waals surface area contributed by atoms with Gasteiger partial charge in [0, 0.05) is 22.6 Å². The molecule has 0 bridgehead atoms. The predicted molar refractivity (Wildman–Crippen MR) is 100 cm³/mol. The van der Waals surface area contributed by atoms with Gasteiger partial charge in [-0.2, -0.15) is 0 Å². The highest BCUT2D eigenvalue weighted by Crippen LogP contribution is 2.27. The van der Waals surface area contributed by atoms with Gasteiger partial charge in [0.25, 0.3) is 0 Å². The van der Waals surface area contributed by atoms with Gasteiger partial charge in [-0.15, -0.1) is 0 Å². The minimum Gasteiger partial charge on any atom is -0.508 e. The summed E-state index contributed by atoms with van der Waals surface area (Å²) in [4.78, 5) is 23.8. The number of benzene rings is 2. The Morgan fingerprint density at radius 2 is 1.89 bits per heavy atom. The van der Waals surface area contributed by atoms with E-state index in [1.807, 2.05) is 32.0 Å². The molecule has 0 atom stereocenters. The predicted octanol–water partition coefficient (Wildman–Crippen LogP) is 3.55. The topological polar surface area (TPSA) is 86.0 Å². The van der Waals surface area contributed by atoms with Gasteiger partial charge in [-0.3, -0.25) is 0 Å². The molecule has 0 saturated carbocycles. The van der Waals surface area contributed by atoms with E-state index in [1.54, 1.807) is 13.0 Å². The van der Waals surface area contributed by atoms with E-state index < -0.39 is 11.6 Å². The molecule has 0 aliphatic heterocycles. The van der Waals surface area contributed by atoms with Crippen LogP contribution in [-0.2, 0) is 16.1 Å². The Labute approximate surface area is 156 Å². The normalized spacial score (nSPS) is 10.8. The lowest BCUT2D eigenvalue weighted by atomic mass is 10.1. The van der Waals surface area contributed by atoms with Gasteiger partial charge in [-0.05, 0) is 50.1 Å². The number of phenols is 1. The van der Waals surface area contributed by atoms with Crippen molar-refractivity contribution in [3.05, 3.63) is 69.1 Å². The fourth-order valence-corrected chi connectivity index (χ4v) is 2.73. The Morgan fingerprint density at radius 3 is 2.67 bits per heavy atom. The molecule has 0 aliphatic rings. The molecule has 27 heavy (non-hydrogen) atoms. The molecule has 1 N–H and O–H groups in total. The second-order valence-electron chi connectivity index (χ2n) is 6.40. The number of hydrogen-bond donors (Lipinski definition) is 1. The average molecular weight is 368 g/mol. The number of aromatic hydroxyl groups is 1. The van der Waals surface area contributed by atoms with E-state index in [1.165, 1.54) is 12.1 Å². The summed E-state index contributed by atoms with van der Waals surface area (Å²) in [6.07, 6.45) is 0. The summed E-state index contributed by atoms with van der Waals surface area (Å²) < 4.78 is 15.9. The maximum Gasteiger partial charge on any atom is 0.344 e. The standard InChI is InChI=1S/C21H20O6/c1-12-4-5-13(2)18(8-12)25-11-20(24)26-10-15-9-19(23)27-21-14(3)17(22)7-6-16(15)21/h4-9,22H,10-11H2,1-3H3. The SMILES string of the molecule is Cc1ccc(C)c(OCC(=O)OCc2cc(=O)oc3c(C)c(O)ccc23)c1. The number of esters is 1. The number of hydrogen-bond acceptors (Lipinski definition) is 6. The van der Waals surface area contributed by atoms with Gasteiger partial charge in [-0.25, -0.2) is 9.59 Å². The molecule has 2 aromatic carbocycles. The molecule has 0 saturated heterocycles. The zero-order chi connectivity index (χ0) is 19.6. The number of carbonyl (C=O) groups is 1. The number of fused-ring (bicyclic) bond motifs is 1. The lowest BCUT2D eigenvalue weighted by molar-refractivity contribution is -0.147. The minimum absolute atomic E-state index is 0.0294. The van der Waals surface area contributed by atoms with Crippen LogP contribution in [0.3, 0.4) is 0 Å². The summed E-state index contributed by atoms with van der Waals surface area (Å²) in [7, 11) is 0. The monoisotopic (exact) mass is 368 g/mol. The van der Waals surface area contributed by atoms with Crippen LogP contribution in [-0.4, -0.2) is 17.7 Å². The molecule has 0 spiro atoms. The Kier molecular flexibility index (Phi) is 5.16. The molecule has 0 unspecified atom stereocenters. The number of ether oxygens (including phenoxy) is 2. The van der Waals surface area contributed by atoms with Crippen LogP contribution in [0.1, 0.15) is 22.3 Å². The first-order valence-electron chi connectivity index (χ1n) is 8.46. The van der Waals surface area contributed by atoms with Crippen molar-refractivity contribution >= 4 is 16.9 Å². The van der Waals surface area contributed by atoms with E-state index in [0.29, 0.717) is 22.3 Å². The summed E-state index contributed by atoms with van der Waals surface area (Å²) in [5.74, 6) is 0.110. The first-order valence-corrected chi connectivity index (χ1v) is 8.46. The second-order valence-corrected chi connectivity index (χ2v) is 6.40. The van der Waals surface area contributed by atoms with Gasteiger partial charge >= 0.3 is 11.6 Å².